The highest BCUT2D eigenvalue weighted by atomic mass is 32.2. The van der Waals surface area contributed by atoms with E-state index in [0.717, 1.165) is 0 Å². The van der Waals surface area contributed by atoms with Crippen LogP contribution in [0.25, 0.3) is 0 Å². The number of nitrogens with one attached hydrogen (secondary N) is 2. The smallest absolute Gasteiger partial charge is 0.246 e. The highest BCUT2D eigenvalue weighted by Gasteiger charge is 2.33. The summed E-state index contributed by atoms with van der Waals surface area (Å²) in [6.45, 7) is 7.91. The molecule has 1 aromatic heterocycles. The van der Waals surface area contributed by atoms with Gasteiger partial charge in [-0.15, -0.1) is 0 Å². The van der Waals surface area contributed by atoms with Crippen LogP contribution >= 0.6 is 0 Å². The number of sulfonamides is 1. The first kappa shape index (κ1) is 17.0. The summed E-state index contributed by atoms with van der Waals surface area (Å²) in [5.74, 6) is -0.0409. The van der Waals surface area contributed by atoms with Crippen LogP contribution in [0.3, 0.4) is 0 Å². The number of aryl methyl sites for hydroxylation is 2. The molecule has 0 atom stereocenters. The van der Waals surface area contributed by atoms with Gasteiger partial charge in [-0.05, 0) is 26.7 Å². The maximum Gasteiger partial charge on any atom is 0.246 e. The molecule has 1 aromatic rings. The molecule has 1 saturated heterocycles. The number of hydrogen-bond acceptors (Lipinski definition) is 4. The van der Waals surface area contributed by atoms with Crippen LogP contribution in [-0.4, -0.2) is 48.0 Å². The molecule has 0 aromatic carbocycles. The second kappa shape index (κ2) is 6.37. The van der Waals surface area contributed by atoms with Crippen LogP contribution in [0.15, 0.2) is 4.90 Å². The Morgan fingerprint density at radius 1 is 1.32 bits per heavy atom. The number of carbonyl (C=O) groups excluding carboxylic acids is 1. The fourth-order valence-corrected chi connectivity index (χ4v) is 4.46. The summed E-state index contributed by atoms with van der Waals surface area (Å²) in [7, 11) is -3.52. The van der Waals surface area contributed by atoms with Crippen molar-refractivity contribution in [2.75, 3.05) is 13.1 Å². The lowest BCUT2D eigenvalue weighted by atomic mass is 10.1. The van der Waals surface area contributed by atoms with Crippen molar-refractivity contribution in [2.45, 2.75) is 51.5 Å². The van der Waals surface area contributed by atoms with E-state index >= 15 is 0 Å². The Morgan fingerprint density at radius 2 is 1.91 bits per heavy atom. The van der Waals surface area contributed by atoms with Gasteiger partial charge in [-0.3, -0.25) is 9.89 Å². The quantitative estimate of drug-likeness (QED) is 0.860. The molecule has 0 aliphatic carbocycles. The summed E-state index contributed by atoms with van der Waals surface area (Å²) in [5, 5.41) is 9.65. The summed E-state index contributed by atoms with van der Waals surface area (Å²) < 4.78 is 26.9. The molecule has 0 bridgehead atoms. The topological polar surface area (TPSA) is 95.2 Å². The average Bonchev–Trinajstić information content (AvgIpc) is 2.79. The third-order valence-electron chi connectivity index (χ3n) is 3.98. The van der Waals surface area contributed by atoms with Gasteiger partial charge in [-0.2, -0.15) is 9.40 Å². The third-order valence-corrected chi connectivity index (χ3v) is 6.15. The minimum absolute atomic E-state index is 0.0165. The maximum absolute atomic E-state index is 12.7. The molecule has 0 spiro atoms. The second-order valence-electron chi connectivity index (χ2n) is 6.10. The van der Waals surface area contributed by atoms with Crippen molar-refractivity contribution in [3.8, 4) is 0 Å². The lowest BCUT2D eigenvalue weighted by Crippen LogP contribution is -2.47. The fourth-order valence-electron chi connectivity index (χ4n) is 2.66. The van der Waals surface area contributed by atoms with E-state index in [1.54, 1.807) is 13.8 Å². The predicted molar refractivity (Wildman–Crippen MR) is 82.8 cm³/mol. The van der Waals surface area contributed by atoms with Crippen molar-refractivity contribution >= 4 is 15.9 Å². The van der Waals surface area contributed by atoms with E-state index in [2.05, 4.69) is 15.5 Å². The van der Waals surface area contributed by atoms with Gasteiger partial charge in [0, 0.05) is 25.0 Å². The molecule has 7 nitrogen and oxygen atoms in total. The van der Waals surface area contributed by atoms with Gasteiger partial charge in [0.2, 0.25) is 15.9 Å². The maximum atomic E-state index is 12.7. The van der Waals surface area contributed by atoms with Gasteiger partial charge in [0.25, 0.3) is 0 Å². The molecule has 1 amide bonds. The monoisotopic (exact) mass is 328 g/mol. The van der Waals surface area contributed by atoms with Gasteiger partial charge >= 0.3 is 0 Å². The van der Waals surface area contributed by atoms with Gasteiger partial charge in [0.05, 0.1) is 11.4 Å². The Morgan fingerprint density at radius 3 is 2.36 bits per heavy atom. The van der Waals surface area contributed by atoms with Crippen LogP contribution in [0.2, 0.25) is 0 Å². The molecule has 2 heterocycles. The molecular formula is C14H24N4O3S. The first-order chi connectivity index (χ1) is 10.2. The first-order valence-electron chi connectivity index (χ1n) is 7.55. The summed E-state index contributed by atoms with van der Waals surface area (Å²) >= 11 is 0. The molecule has 0 unspecified atom stereocenters. The predicted octanol–water partition coefficient (Wildman–Crippen LogP) is 0.952. The lowest BCUT2D eigenvalue weighted by Gasteiger charge is -2.32. The molecule has 0 radical (unpaired) electrons. The van der Waals surface area contributed by atoms with E-state index in [-0.39, 0.29) is 22.8 Å². The zero-order valence-corrected chi connectivity index (χ0v) is 14.3. The second-order valence-corrected chi connectivity index (χ2v) is 7.98. The fraction of sp³-hybridized carbons (Fsp3) is 0.714. The van der Waals surface area contributed by atoms with Gasteiger partial charge in [0.1, 0.15) is 4.90 Å². The largest absolute Gasteiger partial charge is 0.353 e. The van der Waals surface area contributed by atoms with Gasteiger partial charge in [-0.1, -0.05) is 13.8 Å². The van der Waals surface area contributed by atoms with Crippen molar-refractivity contribution in [2.24, 2.45) is 5.92 Å². The highest BCUT2D eigenvalue weighted by Crippen LogP contribution is 2.24. The molecular weight excluding hydrogens is 304 g/mol. The molecule has 0 saturated carbocycles. The molecule has 2 N–H and O–H groups in total. The average molecular weight is 328 g/mol. The Hall–Kier alpha value is -1.41. The van der Waals surface area contributed by atoms with E-state index < -0.39 is 10.0 Å². The minimum atomic E-state index is -3.52. The minimum Gasteiger partial charge on any atom is -0.353 e. The number of piperidine rings is 1. The van der Waals surface area contributed by atoms with Gasteiger partial charge < -0.3 is 5.32 Å². The Balaban J connectivity index is 2.04. The van der Waals surface area contributed by atoms with Crippen LogP contribution in [0.4, 0.5) is 0 Å². The first-order valence-corrected chi connectivity index (χ1v) is 8.99. The number of amides is 1. The van der Waals surface area contributed by atoms with Crippen molar-refractivity contribution in [3.05, 3.63) is 11.4 Å². The van der Waals surface area contributed by atoms with E-state index in [9.17, 15) is 13.2 Å². The Labute approximate surface area is 131 Å². The number of carbonyl (C=O) groups is 1. The summed E-state index contributed by atoms with van der Waals surface area (Å²) in [4.78, 5) is 12.0. The van der Waals surface area contributed by atoms with Crippen LogP contribution in [0.1, 0.15) is 38.1 Å². The SMILES string of the molecule is Cc1n[nH]c(C)c1S(=O)(=O)N1CCC(NC(=O)C(C)C)CC1. The zero-order valence-electron chi connectivity index (χ0n) is 13.5. The molecule has 2 rings (SSSR count). The summed E-state index contributed by atoms with van der Waals surface area (Å²) in [6.07, 6.45) is 1.27. The standard InChI is InChI=1S/C14H24N4O3S/c1-9(2)14(19)15-12-5-7-18(8-6-12)22(20,21)13-10(3)16-17-11(13)4/h9,12H,5-8H2,1-4H3,(H,15,19)(H,16,17). The number of nitrogens with zero attached hydrogens (tertiary/aromatic N) is 2. The molecule has 1 aliphatic rings. The van der Waals surface area contributed by atoms with Crippen LogP contribution < -0.4 is 5.32 Å². The summed E-state index contributed by atoms with van der Waals surface area (Å²) in [5.41, 5.74) is 1.06. The molecule has 8 heteroatoms. The van der Waals surface area contributed by atoms with Crippen LogP contribution in [-0.2, 0) is 14.8 Å². The van der Waals surface area contributed by atoms with E-state index in [1.807, 2.05) is 13.8 Å². The summed E-state index contributed by atoms with van der Waals surface area (Å²) in [6, 6.07) is 0.0490. The zero-order chi connectivity index (χ0) is 16.5. The molecule has 124 valence electrons. The highest BCUT2D eigenvalue weighted by molar-refractivity contribution is 7.89. The lowest BCUT2D eigenvalue weighted by molar-refractivity contribution is -0.124. The van der Waals surface area contributed by atoms with Crippen molar-refractivity contribution in [1.29, 1.82) is 0 Å². The van der Waals surface area contributed by atoms with Gasteiger partial charge in [-0.25, -0.2) is 8.42 Å². The third kappa shape index (κ3) is 3.33. The Bertz CT molecular complexity index is 624. The van der Waals surface area contributed by atoms with Crippen LogP contribution in [0.5, 0.6) is 0 Å². The molecule has 1 fully saturated rings. The van der Waals surface area contributed by atoms with Crippen LogP contribution in [0, 0.1) is 19.8 Å². The van der Waals surface area contributed by atoms with Crippen molar-refractivity contribution < 1.29 is 13.2 Å². The molecule has 1 aliphatic heterocycles. The Kier molecular flexibility index (Phi) is 4.91. The normalized spacial score (nSPS) is 17.9. The van der Waals surface area contributed by atoms with E-state index in [1.165, 1.54) is 4.31 Å². The van der Waals surface area contributed by atoms with E-state index in [4.69, 9.17) is 0 Å². The van der Waals surface area contributed by atoms with E-state index in [0.29, 0.717) is 37.3 Å². The number of hydrogen-bond donors (Lipinski definition) is 2. The van der Waals surface area contributed by atoms with Crippen molar-refractivity contribution in [1.82, 2.24) is 19.8 Å². The van der Waals surface area contributed by atoms with Crippen molar-refractivity contribution in [3.63, 3.8) is 0 Å². The number of aromatic nitrogens is 2. The number of aromatic amines is 1. The number of rotatable bonds is 4. The van der Waals surface area contributed by atoms with Gasteiger partial charge in [0.15, 0.2) is 0 Å². The number of H-pyrrole nitrogens is 1. The molecule has 22 heavy (non-hydrogen) atoms.